The maximum Gasteiger partial charge on any atom is 0.412 e. The van der Waals surface area contributed by atoms with E-state index in [0.29, 0.717) is 22.6 Å². The average molecular weight is 558 g/mol. The van der Waals surface area contributed by atoms with Crippen LogP contribution in [0.25, 0.3) is 0 Å². The van der Waals surface area contributed by atoms with Crippen LogP contribution in [0, 0.1) is 11.3 Å². The number of anilines is 6. The SMILES string of the molecule is CCN1CCN(c2ccc(Nc3ncc(C#N)c(Nc4ccc(C(N)=O)cc4)n3)c(NC(=O)OC(C)(C)C)c2)CC1. The van der Waals surface area contributed by atoms with Crippen molar-refractivity contribution in [2.45, 2.75) is 33.3 Å². The van der Waals surface area contributed by atoms with E-state index in [0.717, 1.165) is 38.4 Å². The van der Waals surface area contributed by atoms with Gasteiger partial charge in [-0.2, -0.15) is 10.2 Å². The van der Waals surface area contributed by atoms with Crippen molar-refractivity contribution in [2.24, 2.45) is 5.73 Å². The van der Waals surface area contributed by atoms with Crippen LogP contribution in [0.2, 0.25) is 0 Å². The molecule has 1 aliphatic heterocycles. The number of carbonyl (C=O) groups excluding carboxylic acids is 2. The number of nitrogens with one attached hydrogen (secondary N) is 3. The summed E-state index contributed by atoms with van der Waals surface area (Å²) in [7, 11) is 0. The fourth-order valence-corrected chi connectivity index (χ4v) is 4.27. The van der Waals surface area contributed by atoms with Gasteiger partial charge in [-0.15, -0.1) is 0 Å². The monoisotopic (exact) mass is 557 g/mol. The Kier molecular flexibility index (Phi) is 8.89. The highest BCUT2D eigenvalue weighted by molar-refractivity contribution is 5.93. The summed E-state index contributed by atoms with van der Waals surface area (Å²) in [4.78, 5) is 37.6. The molecule has 12 heteroatoms. The summed E-state index contributed by atoms with van der Waals surface area (Å²) < 4.78 is 5.50. The quantitative estimate of drug-likeness (QED) is 0.312. The molecule has 4 rings (SSSR count). The molecule has 2 aromatic carbocycles. The van der Waals surface area contributed by atoms with Gasteiger partial charge in [0, 0.05) is 43.1 Å². The van der Waals surface area contributed by atoms with Gasteiger partial charge < -0.3 is 30.9 Å². The number of carbonyl (C=O) groups is 2. The fourth-order valence-electron chi connectivity index (χ4n) is 4.27. The molecule has 5 N–H and O–H groups in total. The maximum absolute atomic E-state index is 12.7. The molecular weight excluding hydrogens is 522 g/mol. The smallest absolute Gasteiger partial charge is 0.412 e. The van der Waals surface area contributed by atoms with Crippen LogP contribution < -0.4 is 26.6 Å². The highest BCUT2D eigenvalue weighted by Gasteiger charge is 2.21. The number of amides is 2. The van der Waals surface area contributed by atoms with E-state index in [-0.39, 0.29) is 17.3 Å². The second-order valence-electron chi connectivity index (χ2n) is 10.5. The van der Waals surface area contributed by atoms with Crippen molar-refractivity contribution in [3.05, 3.63) is 59.8 Å². The number of likely N-dealkylation sites (N-methyl/N-ethyl adjacent to an activating group) is 1. The number of benzene rings is 2. The predicted octanol–water partition coefficient (Wildman–Crippen LogP) is 4.42. The molecule has 2 amide bonds. The summed E-state index contributed by atoms with van der Waals surface area (Å²) in [5.74, 6) is -0.0616. The standard InChI is InChI=1S/C29H35N9O3/c1-5-37-12-14-38(15-13-37)22-10-11-23(24(16-22)35-28(40)41-29(2,3)4)34-27-32-18-20(17-30)26(36-27)33-21-8-6-19(7-9-21)25(31)39/h6-11,16,18H,5,12-15H2,1-4H3,(H2,31,39)(H,35,40)(H2,32,33,34,36). The van der Waals surface area contributed by atoms with E-state index >= 15 is 0 Å². The minimum atomic E-state index is -0.668. The number of piperazine rings is 1. The normalized spacial score (nSPS) is 13.7. The van der Waals surface area contributed by atoms with Crippen molar-refractivity contribution in [3.8, 4) is 6.07 Å². The number of ether oxygens (including phenoxy) is 1. The van der Waals surface area contributed by atoms with Gasteiger partial charge in [-0.05, 0) is 69.8 Å². The molecule has 0 spiro atoms. The molecule has 1 fully saturated rings. The lowest BCUT2D eigenvalue weighted by Crippen LogP contribution is -2.46. The van der Waals surface area contributed by atoms with E-state index in [1.807, 2.05) is 18.2 Å². The van der Waals surface area contributed by atoms with Crippen molar-refractivity contribution in [2.75, 3.05) is 53.6 Å². The summed E-state index contributed by atoms with van der Waals surface area (Å²) in [6.07, 6.45) is 0.814. The second-order valence-corrected chi connectivity index (χ2v) is 10.5. The van der Waals surface area contributed by atoms with Gasteiger partial charge in [0.1, 0.15) is 17.2 Å². The van der Waals surface area contributed by atoms with E-state index in [1.165, 1.54) is 6.20 Å². The Morgan fingerprint density at radius 3 is 2.37 bits per heavy atom. The number of nitriles is 1. The average Bonchev–Trinajstić information content (AvgIpc) is 2.93. The number of nitrogens with zero attached hydrogens (tertiary/aromatic N) is 5. The molecule has 0 radical (unpaired) electrons. The highest BCUT2D eigenvalue weighted by atomic mass is 16.6. The number of aromatic nitrogens is 2. The minimum Gasteiger partial charge on any atom is -0.444 e. The lowest BCUT2D eigenvalue weighted by atomic mass is 10.2. The van der Waals surface area contributed by atoms with Gasteiger partial charge in [-0.3, -0.25) is 10.1 Å². The van der Waals surface area contributed by atoms with Crippen LogP contribution in [0.15, 0.2) is 48.7 Å². The molecule has 41 heavy (non-hydrogen) atoms. The Morgan fingerprint density at radius 1 is 1.05 bits per heavy atom. The third kappa shape index (κ3) is 7.83. The first kappa shape index (κ1) is 29.1. The Bertz CT molecular complexity index is 1440. The van der Waals surface area contributed by atoms with E-state index in [9.17, 15) is 14.9 Å². The molecule has 2 heterocycles. The highest BCUT2D eigenvalue weighted by Crippen LogP contribution is 2.31. The largest absolute Gasteiger partial charge is 0.444 e. The number of nitrogens with two attached hydrogens (primary N) is 1. The maximum atomic E-state index is 12.7. The molecule has 3 aromatic rings. The zero-order valence-electron chi connectivity index (χ0n) is 23.7. The summed E-state index contributed by atoms with van der Waals surface area (Å²) in [5.41, 5.74) is 7.87. The van der Waals surface area contributed by atoms with Crippen molar-refractivity contribution in [1.29, 1.82) is 5.26 Å². The van der Waals surface area contributed by atoms with Crippen molar-refractivity contribution >= 4 is 46.5 Å². The number of rotatable bonds is 8. The van der Waals surface area contributed by atoms with E-state index < -0.39 is 17.6 Å². The summed E-state index contributed by atoms with van der Waals surface area (Å²) in [5, 5.41) is 18.7. The van der Waals surface area contributed by atoms with Crippen LogP contribution in [0.1, 0.15) is 43.6 Å². The summed E-state index contributed by atoms with van der Waals surface area (Å²) in [6, 6.07) is 14.3. The second kappa shape index (κ2) is 12.5. The van der Waals surface area contributed by atoms with Crippen molar-refractivity contribution < 1.29 is 14.3 Å². The van der Waals surface area contributed by atoms with Gasteiger partial charge in [-0.25, -0.2) is 9.78 Å². The van der Waals surface area contributed by atoms with Gasteiger partial charge in [0.15, 0.2) is 5.82 Å². The zero-order valence-corrected chi connectivity index (χ0v) is 23.7. The van der Waals surface area contributed by atoms with Crippen LogP contribution in [0.5, 0.6) is 0 Å². The van der Waals surface area contributed by atoms with Crippen LogP contribution in [0.4, 0.5) is 39.3 Å². The van der Waals surface area contributed by atoms with Crippen LogP contribution >= 0.6 is 0 Å². The minimum absolute atomic E-state index is 0.205. The Morgan fingerprint density at radius 2 is 1.76 bits per heavy atom. The molecule has 1 aromatic heterocycles. The van der Waals surface area contributed by atoms with Crippen LogP contribution in [-0.4, -0.2) is 65.2 Å². The predicted molar refractivity (Wildman–Crippen MR) is 159 cm³/mol. The Labute approximate surface area is 239 Å². The Hall–Kier alpha value is -4.89. The molecule has 1 aliphatic rings. The van der Waals surface area contributed by atoms with Crippen LogP contribution in [0.3, 0.4) is 0 Å². The van der Waals surface area contributed by atoms with Gasteiger partial charge in [0.25, 0.3) is 0 Å². The number of hydrogen-bond acceptors (Lipinski definition) is 10. The molecule has 0 saturated carbocycles. The van der Waals surface area contributed by atoms with Gasteiger partial charge in [0.2, 0.25) is 11.9 Å². The molecule has 1 saturated heterocycles. The lowest BCUT2D eigenvalue weighted by Gasteiger charge is -2.35. The van der Waals surface area contributed by atoms with Gasteiger partial charge >= 0.3 is 6.09 Å². The third-order valence-electron chi connectivity index (χ3n) is 6.41. The third-order valence-corrected chi connectivity index (χ3v) is 6.41. The first-order valence-corrected chi connectivity index (χ1v) is 13.4. The first-order valence-electron chi connectivity index (χ1n) is 13.4. The molecule has 214 valence electrons. The molecular formula is C29H35N9O3. The van der Waals surface area contributed by atoms with Crippen LogP contribution in [-0.2, 0) is 4.74 Å². The van der Waals surface area contributed by atoms with E-state index in [4.69, 9.17) is 10.5 Å². The molecule has 12 nitrogen and oxygen atoms in total. The number of hydrogen-bond donors (Lipinski definition) is 4. The topological polar surface area (TPSA) is 162 Å². The summed E-state index contributed by atoms with van der Waals surface area (Å²) >= 11 is 0. The van der Waals surface area contributed by atoms with Gasteiger partial charge in [0.05, 0.1) is 17.6 Å². The molecule has 0 unspecified atom stereocenters. The molecule has 0 aliphatic carbocycles. The zero-order chi connectivity index (χ0) is 29.6. The van der Waals surface area contributed by atoms with E-state index in [1.54, 1.807) is 45.0 Å². The molecule has 0 bridgehead atoms. The van der Waals surface area contributed by atoms with Crippen molar-refractivity contribution in [1.82, 2.24) is 14.9 Å². The van der Waals surface area contributed by atoms with Crippen molar-refractivity contribution in [3.63, 3.8) is 0 Å². The van der Waals surface area contributed by atoms with E-state index in [2.05, 4.69) is 48.7 Å². The lowest BCUT2D eigenvalue weighted by molar-refractivity contribution is 0.0635. The molecule has 0 atom stereocenters. The fraction of sp³-hybridized carbons (Fsp3) is 0.345. The number of primary amides is 1. The summed E-state index contributed by atoms with van der Waals surface area (Å²) in [6.45, 7) is 12.3. The first-order chi connectivity index (χ1) is 19.5. The van der Waals surface area contributed by atoms with Gasteiger partial charge in [-0.1, -0.05) is 6.92 Å². The Balaban J connectivity index is 1.60.